The van der Waals surface area contributed by atoms with Crippen LogP contribution in [0.4, 0.5) is 11.4 Å². The summed E-state index contributed by atoms with van der Waals surface area (Å²) < 4.78 is 4.27. The number of aromatic nitrogens is 2. The molecule has 1 aliphatic rings. The van der Waals surface area contributed by atoms with Crippen molar-refractivity contribution < 1.29 is 4.68 Å². The second kappa shape index (κ2) is 4.19. The molecule has 0 aliphatic carbocycles. The molecule has 2 heterocycles. The van der Waals surface area contributed by atoms with Gasteiger partial charge in [0, 0.05) is 5.39 Å². The van der Waals surface area contributed by atoms with E-state index in [-0.39, 0.29) is 0 Å². The van der Waals surface area contributed by atoms with E-state index in [0.29, 0.717) is 11.4 Å². The van der Waals surface area contributed by atoms with Gasteiger partial charge in [0.1, 0.15) is 11.2 Å². The van der Waals surface area contributed by atoms with Crippen LogP contribution in [0.15, 0.2) is 30.5 Å². The summed E-state index contributed by atoms with van der Waals surface area (Å²) in [6, 6.07) is 7.82. The zero-order valence-corrected chi connectivity index (χ0v) is 12.4. The first-order chi connectivity index (χ1) is 10.6. The summed E-state index contributed by atoms with van der Waals surface area (Å²) in [5.74, 6) is 0. The van der Waals surface area contributed by atoms with E-state index in [4.69, 9.17) is 13.1 Å². The van der Waals surface area contributed by atoms with Crippen LogP contribution in [0, 0.1) is 27.0 Å². The van der Waals surface area contributed by atoms with Crippen LogP contribution in [-0.4, -0.2) is 4.68 Å². The molecule has 22 heavy (non-hydrogen) atoms. The van der Waals surface area contributed by atoms with Crippen LogP contribution in [0.2, 0.25) is 0 Å². The predicted molar refractivity (Wildman–Crippen MR) is 84.6 cm³/mol. The third-order valence-electron chi connectivity index (χ3n) is 4.36. The average molecular weight is 285 g/mol. The summed E-state index contributed by atoms with van der Waals surface area (Å²) in [6.07, 6.45) is 2.04. The lowest BCUT2D eigenvalue weighted by atomic mass is 10.0. The Kier molecular flexibility index (Phi) is 2.40. The van der Waals surface area contributed by atoms with Crippen molar-refractivity contribution in [3.8, 4) is 5.69 Å². The molecule has 4 rings (SSSR count). The third kappa shape index (κ3) is 1.47. The van der Waals surface area contributed by atoms with Crippen LogP contribution in [0.3, 0.4) is 0 Å². The Balaban J connectivity index is 2.17. The maximum absolute atomic E-state index is 7.48. The smallest absolute Gasteiger partial charge is 0.207 e. The van der Waals surface area contributed by atoms with Gasteiger partial charge in [-0.2, -0.15) is 0 Å². The van der Waals surface area contributed by atoms with E-state index in [1.165, 1.54) is 22.4 Å². The van der Waals surface area contributed by atoms with Crippen LogP contribution >= 0.6 is 0 Å². The highest BCUT2D eigenvalue weighted by atomic mass is 15.4. The zero-order valence-electron chi connectivity index (χ0n) is 12.4. The van der Waals surface area contributed by atoms with E-state index in [1.807, 2.05) is 12.3 Å². The van der Waals surface area contributed by atoms with Crippen LogP contribution < -0.4 is 4.68 Å². The molecular formula is C18H13N4+. The normalized spacial score (nSPS) is 11.8. The van der Waals surface area contributed by atoms with Gasteiger partial charge >= 0.3 is 0 Å². The van der Waals surface area contributed by atoms with Crippen molar-refractivity contribution in [2.24, 2.45) is 0 Å². The first-order valence-electron chi connectivity index (χ1n) is 7.07. The van der Waals surface area contributed by atoms with Crippen molar-refractivity contribution in [1.82, 2.24) is 4.68 Å². The highest BCUT2D eigenvalue weighted by Crippen LogP contribution is 2.36. The molecule has 0 radical (unpaired) electrons. The number of rotatable bonds is 0. The van der Waals surface area contributed by atoms with E-state index in [9.17, 15) is 0 Å². The van der Waals surface area contributed by atoms with Crippen LogP contribution in [0.1, 0.15) is 16.7 Å². The molecule has 104 valence electrons. The second-order valence-electron chi connectivity index (χ2n) is 5.69. The topological polar surface area (TPSA) is 17.5 Å². The van der Waals surface area contributed by atoms with Crippen molar-refractivity contribution in [2.75, 3.05) is 0 Å². The molecule has 0 saturated heterocycles. The summed E-state index contributed by atoms with van der Waals surface area (Å²) in [6.45, 7) is 19.7. The van der Waals surface area contributed by atoms with Gasteiger partial charge in [0.2, 0.25) is 11.9 Å². The first-order valence-corrected chi connectivity index (χ1v) is 7.07. The molecule has 0 spiro atoms. The second-order valence-corrected chi connectivity index (χ2v) is 5.69. The summed E-state index contributed by atoms with van der Waals surface area (Å²) in [5.41, 5.74) is 6.92. The standard InChI is InChI=1S/C18H13N4/c1-11-5-6-12(2)17-15(11)10-21-9-13-7-14(19-3)8-16(20-4)18(13)22(17)21/h5-9H,10H2,1-2H3/q+1. The highest BCUT2D eigenvalue weighted by molar-refractivity contribution is 5.95. The van der Waals surface area contributed by atoms with Crippen molar-refractivity contribution in [3.05, 3.63) is 70.0 Å². The number of nitrogens with zero attached hydrogens (tertiary/aromatic N) is 4. The van der Waals surface area contributed by atoms with Crippen LogP contribution in [0.5, 0.6) is 0 Å². The molecule has 0 N–H and O–H groups in total. The molecule has 0 saturated carbocycles. The Labute approximate surface area is 128 Å². The molecule has 0 fully saturated rings. The fourth-order valence-electron chi connectivity index (χ4n) is 3.32. The molecule has 4 heteroatoms. The minimum atomic E-state index is 0.518. The van der Waals surface area contributed by atoms with Gasteiger partial charge < -0.3 is 0 Å². The number of hydrogen-bond acceptors (Lipinski definition) is 0. The molecular weight excluding hydrogens is 272 g/mol. The number of benzene rings is 2. The Morgan fingerprint density at radius 2 is 1.86 bits per heavy atom. The van der Waals surface area contributed by atoms with Crippen molar-refractivity contribution >= 4 is 22.3 Å². The fraction of sp³-hybridized carbons (Fsp3) is 0.167. The van der Waals surface area contributed by atoms with Gasteiger partial charge in [0.05, 0.1) is 18.7 Å². The first kappa shape index (κ1) is 12.6. The Hall–Kier alpha value is -3.11. The number of aryl methyl sites for hydroxylation is 2. The van der Waals surface area contributed by atoms with Crippen molar-refractivity contribution in [3.63, 3.8) is 0 Å². The quantitative estimate of drug-likeness (QED) is 0.343. The van der Waals surface area contributed by atoms with E-state index < -0.39 is 0 Å². The minimum Gasteiger partial charge on any atom is -0.239 e. The lowest BCUT2D eigenvalue weighted by Gasteiger charge is -2.06. The van der Waals surface area contributed by atoms with Gasteiger partial charge in [-0.3, -0.25) is 0 Å². The van der Waals surface area contributed by atoms with E-state index in [2.05, 4.69) is 45.0 Å². The van der Waals surface area contributed by atoms with Crippen LogP contribution in [-0.2, 0) is 6.54 Å². The molecule has 3 aromatic rings. The van der Waals surface area contributed by atoms with E-state index in [0.717, 1.165) is 17.4 Å². The lowest BCUT2D eigenvalue weighted by molar-refractivity contribution is -0.749. The van der Waals surface area contributed by atoms with Gasteiger partial charge in [0.25, 0.3) is 0 Å². The van der Waals surface area contributed by atoms with Crippen LogP contribution in [0.25, 0.3) is 26.3 Å². The molecule has 1 aromatic heterocycles. The highest BCUT2D eigenvalue weighted by Gasteiger charge is 2.31. The van der Waals surface area contributed by atoms with Crippen molar-refractivity contribution in [2.45, 2.75) is 20.4 Å². The maximum atomic E-state index is 7.48. The molecule has 0 unspecified atom stereocenters. The molecule has 0 atom stereocenters. The lowest BCUT2D eigenvalue weighted by Crippen LogP contribution is -2.36. The maximum Gasteiger partial charge on any atom is 0.207 e. The van der Waals surface area contributed by atoms with Gasteiger partial charge in [0.15, 0.2) is 12.2 Å². The molecule has 0 amide bonds. The summed E-state index contributed by atoms with van der Waals surface area (Å²) in [7, 11) is 0. The van der Waals surface area contributed by atoms with Gasteiger partial charge in [-0.25, -0.2) is 9.69 Å². The summed E-state index contributed by atoms with van der Waals surface area (Å²) in [5, 5.41) is 0.950. The monoisotopic (exact) mass is 285 g/mol. The van der Waals surface area contributed by atoms with E-state index >= 15 is 0 Å². The predicted octanol–water partition coefficient (Wildman–Crippen LogP) is 4.00. The third-order valence-corrected chi connectivity index (χ3v) is 4.36. The molecule has 2 aromatic carbocycles. The molecule has 0 bridgehead atoms. The zero-order chi connectivity index (χ0) is 15.4. The SMILES string of the molecule is [C-]#[N+]c1cc([N+]#[C-])c2c(c1)c[n+]1n2-c2c(C)ccc(C)c2C1. The largest absolute Gasteiger partial charge is 0.239 e. The van der Waals surface area contributed by atoms with Gasteiger partial charge in [-0.15, -0.1) is 9.36 Å². The Morgan fingerprint density at radius 1 is 1.09 bits per heavy atom. The summed E-state index contributed by atoms with van der Waals surface area (Å²) >= 11 is 0. The van der Waals surface area contributed by atoms with Gasteiger partial charge in [-0.05, 0) is 37.1 Å². The van der Waals surface area contributed by atoms with E-state index in [1.54, 1.807) is 6.07 Å². The average Bonchev–Trinajstić information content (AvgIpc) is 3.05. The molecule has 1 aliphatic heterocycles. The minimum absolute atomic E-state index is 0.518. The van der Waals surface area contributed by atoms with Crippen molar-refractivity contribution in [1.29, 1.82) is 0 Å². The summed E-state index contributed by atoms with van der Waals surface area (Å²) in [4.78, 5) is 7.13. The molecule has 4 nitrogen and oxygen atoms in total. The number of hydrogen-bond donors (Lipinski definition) is 0. The van der Waals surface area contributed by atoms with Gasteiger partial charge in [-0.1, -0.05) is 12.1 Å². The fourth-order valence-corrected chi connectivity index (χ4v) is 3.32. The Bertz CT molecular complexity index is 1040. The number of fused-ring (bicyclic) bond motifs is 5. The Morgan fingerprint density at radius 3 is 2.59 bits per heavy atom.